The molecule has 2 nitrogen and oxygen atoms in total. The number of benzene rings is 2. The van der Waals surface area contributed by atoms with E-state index < -0.39 is 0 Å². The second kappa shape index (κ2) is 6.83. The highest BCUT2D eigenvalue weighted by molar-refractivity contribution is 6.14. The Hall–Kier alpha value is -2.42. The molecule has 0 spiro atoms. The van der Waals surface area contributed by atoms with Crippen molar-refractivity contribution in [3.05, 3.63) is 70.5 Å². The van der Waals surface area contributed by atoms with E-state index in [-0.39, 0.29) is 18.2 Å². The first-order chi connectivity index (χ1) is 12.2. The van der Waals surface area contributed by atoms with Crippen LogP contribution in [0.25, 0.3) is 6.08 Å². The first-order valence-corrected chi connectivity index (χ1v) is 8.99. The summed E-state index contributed by atoms with van der Waals surface area (Å²) in [6.07, 6.45) is 7.50. The van der Waals surface area contributed by atoms with Crippen LogP contribution in [0.3, 0.4) is 0 Å². The van der Waals surface area contributed by atoms with Crippen LogP contribution in [-0.4, -0.2) is 12.4 Å². The highest BCUT2D eigenvalue weighted by Crippen LogP contribution is 2.34. The zero-order valence-electron chi connectivity index (χ0n) is 14.1. The molecule has 0 N–H and O–H groups in total. The van der Waals surface area contributed by atoms with Crippen molar-refractivity contribution in [1.29, 1.82) is 0 Å². The maximum absolute atomic E-state index is 14.6. The first-order valence-electron chi connectivity index (χ1n) is 8.99. The van der Waals surface area contributed by atoms with E-state index in [4.69, 9.17) is 4.74 Å². The molecule has 2 aliphatic rings. The third-order valence-electron chi connectivity index (χ3n) is 5.22. The summed E-state index contributed by atoms with van der Waals surface area (Å²) in [6.45, 7) is 0.224. The molecular weight excluding hydrogens is 315 g/mol. The Morgan fingerprint density at radius 3 is 2.64 bits per heavy atom. The molecule has 25 heavy (non-hydrogen) atoms. The van der Waals surface area contributed by atoms with E-state index in [0.29, 0.717) is 28.4 Å². The minimum Gasteiger partial charge on any atom is -0.488 e. The molecule has 0 unspecified atom stereocenters. The van der Waals surface area contributed by atoms with E-state index in [9.17, 15) is 9.18 Å². The minimum atomic E-state index is -0.161. The fourth-order valence-electron chi connectivity index (χ4n) is 3.86. The zero-order chi connectivity index (χ0) is 17.2. The maximum Gasteiger partial charge on any atom is 0.196 e. The Labute approximate surface area is 147 Å². The van der Waals surface area contributed by atoms with Gasteiger partial charge in [-0.2, -0.15) is 0 Å². The summed E-state index contributed by atoms with van der Waals surface area (Å²) >= 11 is 0. The van der Waals surface area contributed by atoms with Crippen LogP contribution in [0.5, 0.6) is 5.75 Å². The van der Waals surface area contributed by atoms with Crippen molar-refractivity contribution in [1.82, 2.24) is 0 Å². The Morgan fingerprint density at radius 2 is 1.84 bits per heavy atom. The van der Waals surface area contributed by atoms with Crippen LogP contribution in [0.4, 0.5) is 4.39 Å². The molecule has 4 rings (SSSR count). The van der Waals surface area contributed by atoms with Crippen molar-refractivity contribution in [3.8, 4) is 5.75 Å². The van der Waals surface area contributed by atoms with Crippen molar-refractivity contribution >= 4 is 11.9 Å². The molecule has 1 aliphatic carbocycles. The number of ether oxygens (including phenoxy) is 1. The fourth-order valence-corrected chi connectivity index (χ4v) is 3.86. The van der Waals surface area contributed by atoms with E-state index in [2.05, 4.69) is 0 Å². The van der Waals surface area contributed by atoms with Crippen molar-refractivity contribution in [3.63, 3.8) is 0 Å². The van der Waals surface area contributed by atoms with E-state index in [1.807, 2.05) is 24.3 Å². The Bertz CT molecular complexity index is 832. The summed E-state index contributed by atoms with van der Waals surface area (Å²) < 4.78 is 20.2. The molecule has 0 radical (unpaired) electrons. The second-order valence-corrected chi connectivity index (χ2v) is 6.90. The van der Waals surface area contributed by atoms with Crippen molar-refractivity contribution in [2.75, 3.05) is 6.61 Å². The van der Waals surface area contributed by atoms with E-state index in [1.54, 1.807) is 24.3 Å². The summed E-state index contributed by atoms with van der Waals surface area (Å²) in [5, 5.41) is 0. The molecule has 3 heteroatoms. The number of carbonyl (C=O) groups excluding carboxylic acids is 1. The molecule has 0 atom stereocenters. The van der Waals surface area contributed by atoms with Crippen molar-refractivity contribution in [2.24, 2.45) is 0 Å². The van der Waals surface area contributed by atoms with Gasteiger partial charge in [0.2, 0.25) is 0 Å². The standard InChI is InChI=1S/C22H21FO2/c23-20-13-15(10-11-18(20)16-6-2-1-3-7-16)12-17-14-25-21-9-5-4-8-19(21)22(17)24/h4-5,8-13,16H,1-3,6-7,14H2/b17-12+. The van der Waals surface area contributed by atoms with Gasteiger partial charge in [0, 0.05) is 5.57 Å². The van der Waals surface area contributed by atoms with Gasteiger partial charge in [0.15, 0.2) is 5.78 Å². The fraction of sp³-hybridized carbons (Fsp3) is 0.318. The van der Waals surface area contributed by atoms with Gasteiger partial charge in [0.05, 0.1) is 5.56 Å². The summed E-state index contributed by atoms with van der Waals surface area (Å²) in [6, 6.07) is 12.6. The predicted molar refractivity (Wildman–Crippen MR) is 96.5 cm³/mol. The van der Waals surface area contributed by atoms with E-state index in [1.165, 1.54) is 19.3 Å². The van der Waals surface area contributed by atoms with Gasteiger partial charge >= 0.3 is 0 Å². The molecule has 0 amide bonds. The number of rotatable bonds is 2. The first kappa shape index (κ1) is 16.1. The largest absolute Gasteiger partial charge is 0.488 e. The predicted octanol–water partition coefficient (Wildman–Crippen LogP) is 5.53. The Balaban J connectivity index is 1.59. The zero-order valence-corrected chi connectivity index (χ0v) is 14.1. The van der Waals surface area contributed by atoms with Gasteiger partial charge < -0.3 is 4.74 Å². The van der Waals surface area contributed by atoms with Crippen LogP contribution in [0.15, 0.2) is 48.0 Å². The molecular formula is C22H21FO2. The van der Waals surface area contributed by atoms with Gasteiger partial charge in [-0.05, 0) is 54.2 Å². The van der Waals surface area contributed by atoms with Crippen LogP contribution < -0.4 is 4.74 Å². The van der Waals surface area contributed by atoms with E-state index in [0.717, 1.165) is 18.4 Å². The number of ketones is 1. The van der Waals surface area contributed by atoms with Crippen molar-refractivity contribution < 1.29 is 13.9 Å². The third-order valence-corrected chi connectivity index (χ3v) is 5.22. The topological polar surface area (TPSA) is 26.3 Å². The highest BCUT2D eigenvalue weighted by Gasteiger charge is 2.23. The Kier molecular flexibility index (Phi) is 4.39. The number of carbonyl (C=O) groups is 1. The SMILES string of the molecule is O=C1/C(=C/c2ccc(C3CCCCC3)c(F)c2)COc2ccccc21. The number of Topliss-reactive ketones (excluding diaryl/α,β-unsaturated/α-hetero) is 1. The molecule has 1 saturated carbocycles. The average Bonchev–Trinajstić information content (AvgIpc) is 2.65. The van der Waals surface area contributed by atoms with Crippen LogP contribution in [0.1, 0.15) is 59.5 Å². The van der Waals surface area contributed by atoms with Crippen LogP contribution in [-0.2, 0) is 0 Å². The van der Waals surface area contributed by atoms with Gasteiger partial charge in [-0.1, -0.05) is 43.5 Å². The molecule has 0 aromatic heterocycles. The van der Waals surface area contributed by atoms with Gasteiger partial charge in [-0.25, -0.2) is 4.39 Å². The average molecular weight is 336 g/mol. The van der Waals surface area contributed by atoms with Crippen molar-refractivity contribution in [2.45, 2.75) is 38.0 Å². The van der Waals surface area contributed by atoms with Gasteiger partial charge in [-0.3, -0.25) is 4.79 Å². The van der Waals surface area contributed by atoms with E-state index >= 15 is 0 Å². The minimum absolute atomic E-state index is 0.0429. The molecule has 2 aromatic rings. The summed E-state index contributed by atoms with van der Waals surface area (Å²) in [5.41, 5.74) is 2.66. The normalized spacial score (nSPS) is 19.6. The van der Waals surface area contributed by atoms with Gasteiger partial charge in [-0.15, -0.1) is 0 Å². The molecule has 1 heterocycles. The van der Waals surface area contributed by atoms with Crippen LogP contribution in [0.2, 0.25) is 0 Å². The molecule has 0 saturated heterocycles. The summed E-state index contributed by atoms with van der Waals surface area (Å²) in [7, 11) is 0. The summed E-state index contributed by atoms with van der Waals surface area (Å²) in [5.74, 6) is 0.745. The monoisotopic (exact) mass is 336 g/mol. The Morgan fingerprint density at radius 1 is 1.04 bits per heavy atom. The second-order valence-electron chi connectivity index (χ2n) is 6.90. The number of fused-ring (bicyclic) bond motifs is 1. The van der Waals surface area contributed by atoms with Gasteiger partial charge in [0.25, 0.3) is 0 Å². The number of hydrogen-bond acceptors (Lipinski definition) is 2. The number of halogens is 1. The lowest BCUT2D eigenvalue weighted by atomic mass is 9.83. The molecule has 2 aromatic carbocycles. The lowest BCUT2D eigenvalue weighted by Crippen LogP contribution is -2.18. The van der Waals surface area contributed by atoms with Gasteiger partial charge in [0.1, 0.15) is 18.2 Å². The lowest BCUT2D eigenvalue weighted by Gasteiger charge is -2.22. The molecule has 128 valence electrons. The number of para-hydroxylation sites is 1. The summed E-state index contributed by atoms with van der Waals surface area (Å²) in [4.78, 5) is 12.6. The number of hydrogen-bond donors (Lipinski definition) is 0. The smallest absolute Gasteiger partial charge is 0.196 e. The third kappa shape index (κ3) is 3.23. The highest BCUT2D eigenvalue weighted by atomic mass is 19.1. The van der Waals surface area contributed by atoms with Crippen LogP contribution in [0, 0.1) is 5.82 Å². The van der Waals surface area contributed by atoms with Crippen LogP contribution >= 0.6 is 0 Å². The molecule has 1 aliphatic heterocycles. The molecule has 1 fully saturated rings. The lowest BCUT2D eigenvalue weighted by molar-refractivity contribution is 0.100. The molecule has 0 bridgehead atoms. The maximum atomic E-state index is 14.6. The quantitative estimate of drug-likeness (QED) is 0.674.